The Kier molecular flexibility index (Phi) is 5.60. The van der Waals surface area contributed by atoms with Gasteiger partial charge in [0, 0.05) is 19.6 Å². The van der Waals surface area contributed by atoms with Crippen molar-refractivity contribution >= 4 is 5.91 Å². The normalized spacial score (nSPS) is 20.5. The number of ether oxygens (including phenoxy) is 1. The summed E-state index contributed by atoms with van der Waals surface area (Å²) in [7, 11) is 0. The van der Waals surface area contributed by atoms with E-state index in [9.17, 15) is 4.79 Å². The Morgan fingerprint density at radius 3 is 2.85 bits per heavy atom. The molecule has 2 aliphatic heterocycles. The zero-order valence-corrected chi connectivity index (χ0v) is 16.0. The van der Waals surface area contributed by atoms with Crippen molar-refractivity contribution in [2.75, 3.05) is 26.3 Å². The third-order valence-corrected chi connectivity index (χ3v) is 5.57. The van der Waals surface area contributed by atoms with Gasteiger partial charge in [0.25, 0.3) is 5.91 Å². The molecule has 0 spiro atoms. The van der Waals surface area contributed by atoms with E-state index in [4.69, 9.17) is 9.15 Å². The second-order valence-electron chi connectivity index (χ2n) is 7.51. The van der Waals surface area contributed by atoms with Gasteiger partial charge in [0.2, 0.25) is 0 Å². The van der Waals surface area contributed by atoms with Crippen molar-refractivity contribution in [1.82, 2.24) is 9.80 Å². The summed E-state index contributed by atoms with van der Waals surface area (Å²) < 4.78 is 11.5. The molecule has 0 radical (unpaired) electrons. The minimum absolute atomic E-state index is 0.00742. The molecule has 3 heterocycles. The Bertz CT molecular complexity index is 783. The monoisotopic (exact) mass is 368 g/mol. The summed E-state index contributed by atoms with van der Waals surface area (Å²) >= 11 is 0. The van der Waals surface area contributed by atoms with Crippen LogP contribution in [0.4, 0.5) is 0 Å². The van der Waals surface area contributed by atoms with Crippen LogP contribution in [0.25, 0.3) is 0 Å². The fourth-order valence-electron chi connectivity index (χ4n) is 4.12. The molecule has 1 aromatic carbocycles. The van der Waals surface area contributed by atoms with E-state index in [1.165, 1.54) is 11.1 Å². The maximum absolute atomic E-state index is 12.9. The molecule has 2 aliphatic rings. The lowest BCUT2D eigenvalue weighted by molar-refractivity contribution is -0.00598. The highest BCUT2D eigenvalue weighted by Gasteiger charge is 2.29. The molecule has 1 aromatic heterocycles. The highest BCUT2D eigenvalue weighted by atomic mass is 16.5. The summed E-state index contributed by atoms with van der Waals surface area (Å²) in [6, 6.07) is 12.5. The number of hydrogen-bond donors (Lipinski definition) is 0. The maximum atomic E-state index is 12.9. The van der Waals surface area contributed by atoms with E-state index in [0.29, 0.717) is 25.5 Å². The molecular weight excluding hydrogens is 340 g/mol. The molecule has 5 nitrogen and oxygen atoms in total. The van der Waals surface area contributed by atoms with Gasteiger partial charge in [-0.15, -0.1) is 0 Å². The first-order chi connectivity index (χ1) is 13.2. The number of morpholine rings is 1. The zero-order valence-electron chi connectivity index (χ0n) is 16.0. The highest BCUT2D eigenvalue weighted by molar-refractivity contribution is 5.91. The van der Waals surface area contributed by atoms with Crippen molar-refractivity contribution in [3.05, 3.63) is 59.0 Å². The van der Waals surface area contributed by atoms with Crippen LogP contribution in [0.3, 0.4) is 0 Å². The number of rotatable bonds is 5. The van der Waals surface area contributed by atoms with Gasteiger partial charge in [-0.25, -0.2) is 0 Å². The second-order valence-corrected chi connectivity index (χ2v) is 7.51. The Balaban J connectivity index is 1.40. The summed E-state index contributed by atoms with van der Waals surface area (Å²) in [5, 5.41) is 0. The van der Waals surface area contributed by atoms with Crippen LogP contribution in [-0.4, -0.2) is 48.1 Å². The molecule has 144 valence electrons. The van der Waals surface area contributed by atoms with Gasteiger partial charge in [-0.3, -0.25) is 9.69 Å². The Labute approximate surface area is 160 Å². The number of carbonyl (C=O) groups is 1. The van der Waals surface area contributed by atoms with E-state index in [2.05, 4.69) is 36.1 Å². The van der Waals surface area contributed by atoms with E-state index >= 15 is 0 Å². The van der Waals surface area contributed by atoms with Gasteiger partial charge in [0.05, 0.1) is 25.8 Å². The number of furan rings is 1. The minimum atomic E-state index is -0.00742. The van der Waals surface area contributed by atoms with Crippen molar-refractivity contribution in [1.29, 1.82) is 0 Å². The van der Waals surface area contributed by atoms with Crippen LogP contribution >= 0.6 is 0 Å². The first-order valence-corrected chi connectivity index (χ1v) is 10.0. The van der Waals surface area contributed by atoms with Gasteiger partial charge in [-0.1, -0.05) is 37.6 Å². The van der Waals surface area contributed by atoms with Gasteiger partial charge in [0.1, 0.15) is 5.76 Å². The van der Waals surface area contributed by atoms with Gasteiger partial charge in [0.15, 0.2) is 5.76 Å². The number of nitrogens with zero attached hydrogens (tertiary/aromatic N) is 2. The summed E-state index contributed by atoms with van der Waals surface area (Å²) in [6.07, 6.45) is 3.07. The molecule has 0 aliphatic carbocycles. The molecular formula is C22H28N2O3. The second kappa shape index (κ2) is 8.28. The van der Waals surface area contributed by atoms with E-state index in [-0.39, 0.29) is 11.9 Å². The topological polar surface area (TPSA) is 45.9 Å². The van der Waals surface area contributed by atoms with E-state index < -0.39 is 0 Å². The molecule has 4 rings (SSSR count). The fourth-order valence-corrected chi connectivity index (χ4v) is 4.12. The fraction of sp³-hybridized carbons (Fsp3) is 0.500. The predicted octanol–water partition coefficient (Wildman–Crippen LogP) is 3.48. The molecule has 5 heteroatoms. The lowest BCUT2D eigenvalue weighted by Gasteiger charge is -2.35. The Morgan fingerprint density at radius 1 is 1.15 bits per heavy atom. The third-order valence-electron chi connectivity index (χ3n) is 5.57. The Morgan fingerprint density at radius 2 is 2.00 bits per heavy atom. The number of benzene rings is 1. The quantitative estimate of drug-likeness (QED) is 0.811. The number of hydrogen-bond acceptors (Lipinski definition) is 4. The highest BCUT2D eigenvalue weighted by Crippen LogP contribution is 2.22. The van der Waals surface area contributed by atoms with Crippen molar-refractivity contribution in [3.8, 4) is 0 Å². The first-order valence-electron chi connectivity index (χ1n) is 10.0. The average molecular weight is 368 g/mol. The average Bonchev–Trinajstić information content (AvgIpc) is 3.16. The maximum Gasteiger partial charge on any atom is 0.289 e. The van der Waals surface area contributed by atoms with E-state index in [1.807, 2.05) is 17.0 Å². The third kappa shape index (κ3) is 4.09. The molecule has 0 unspecified atom stereocenters. The molecule has 1 saturated heterocycles. The standard InChI is InChI=1S/C22H28N2O3/c1-2-5-19-16-26-13-12-24(19)22(25)21-9-8-20(27-21)15-23-11-10-17-6-3-4-7-18(17)14-23/h3-4,6-9,19H,2,5,10-16H2,1H3/t19-/m0/s1. The van der Waals surface area contributed by atoms with Gasteiger partial charge in [-0.05, 0) is 36.1 Å². The summed E-state index contributed by atoms with van der Waals surface area (Å²) in [5.41, 5.74) is 2.83. The predicted molar refractivity (Wildman–Crippen MR) is 104 cm³/mol. The van der Waals surface area contributed by atoms with Gasteiger partial charge in [-0.2, -0.15) is 0 Å². The van der Waals surface area contributed by atoms with Gasteiger partial charge >= 0.3 is 0 Å². The van der Waals surface area contributed by atoms with Crippen LogP contribution in [0.15, 0.2) is 40.8 Å². The Hall–Kier alpha value is -2.11. The van der Waals surface area contributed by atoms with Crippen molar-refractivity contribution in [2.24, 2.45) is 0 Å². The molecule has 1 fully saturated rings. The van der Waals surface area contributed by atoms with Crippen LogP contribution in [0.5, 0.6) is 0 Å². The van der Waals surface area contributed by atoms with Crippen LogP contribution in [0, 0.1) is 0 Å². The van der Waals surface area contributed by atoms with Crippen LogP contribution in [-0.2, 0) is 24.2 Å². The van der Waals surface area contributed by atoms with Crippen LogP contribution in [0.1, 0.15) is 47.2 Å². The van der Waals surface area contributed by atoms with Crippen LogP contribution in [0.2, 0.25) is 0 Å². The van der Waals surface area contributed by atoms with E-state index in [0.717, 1.165) is 44.7 Å². The smallest absolute Gasteiger partial charge is 0.289 e. The summed E-state index contributed by atoms with van der Waals surface area (Å²) in [6.45, 7) is 6.70. The van der Waals surface area contributed by atoms with Gasteiger partial charge < -0.3 is 14.1 Å². The molecule has 1 amide bonds. The minimum Gasteiger partial charge on any atom is -0.455 e. The largest absolute Gasteiger partial charge is 0.455 e. The summed E-state index contributed by atoms with van der Waals surface area (Å²) in [4.78, 5) is 17.2. The SMILES string of the molecule is CCC[C@H]1COCCN1C(=O)c1ccc(CN2CCc3ccccc3C2)o1. The number of amides is 1. The number of fused-ring (bicyclic) bond motifs is 1. The molecule has 0 bridgehead atoms. The van der Waals surface area contributed by atoms with Crippen molar-refractivity contribution < 1.29 is 13.9 Å². The molecule has 0 saturated carbocycles. The first kappa shape index (κ1) is 18.3. The lowest BCUT2D eigenvalue weighted by atomic mass is 10.00. The zero-order chi connectivity index (χ0) is 18.6. The molecule has 1 atom stereocenters. The molecule has 0 N–H and O–H groups in total. The van der Waals surface area contributed by atoms with Crippen molar-refractivity contribution in [2.45, 2.75) is 45.3 Å². The molecule has 27 heavy (non-hydrogen) atoms. The van der Waals surface area contributed by atoms with E-state index in [1.54, 1.807) is 0 Å². The lowest BCUT2D eigenvalue weighted by Crippen LogP contribution is -2.48. The summed E-state index contributed by atoms with van der Waals surface area (Å²) in [5.74, 6) is 1.30. The van der Waals surface area contributed by atoms with Crippen molar-refractivity contribution in [3.63, 3.8) is 0 Å². The number of carbonyl (C=O) groups excluding carboxylic acids is 1. The molecule has 2 aromatic rings. The van der Waals surface area contributed by atoms with Crippen LogP contribution < -0.4 is 0 Å².